The number of imidazole rings is 1. The van der Waals surface area contributed by atoms with Crippen molar-refractivity contribution in [1.29, 1.82) is 0 Å². The molecule has 1 aliphatic rings. The van der Waals surface area contributed by atoms with Crippen LogP contribution in [0.25, 0.3) is 0 Å². The predicted molar refractivity (Wildman–Crippen MR) is 61.7 cm³/mol. The maximum Gasteiger partial charge on any atom is 0.0951 e. The number of rotatable bonds is 3. The molecule has 0 radical (unpaired) electrons. The fourth-order valence-corrected chi connectivity index (χ4v) is 2.66. The molecule has 1 aromatic rings. The fourth-order valence-electron chi connectivity index (χ4n) is 2.66. The molecule has 1 aliphatic carbocycles. The number of hydrogen-bond donors (Lipinski definition) is 1. The van der Waals surface area contributed by atoms with Crippen molar-refractivity contribution in [2.24, 2.45) is 5.92 Å². The van der Waals surface area contributed by atoms with Crippen LogP contribution >= 0.6 is 0 Å². The topological polar surface area (TPSA) is 29.9 Å². The van der Waals surface area contributed by atoms with Crippen LogP contribution in [0.3, 0.4) is 0 Å². The second-order valence-corrected chi connectivity index (χ2v) is 4.65. The van der Waals surface area contributed by atoms with Crippen molar-refractivity contribution in [3.05, 3.63) is 18.2 Å². The lowest BCUT2D eigenvalue weighted by Gasteiger charge is -2.31. The highest BCUT2D eigenvalue weighted by molar-refractivity contribution is 5.01. The second-order valence-electron chi connectivity index (χ2n) is 4.65. The number of aromatic nitrogens is 2. The predicted octanol–water partition coefficient (Wildman–Crippen LogP) is 2.35. The highest BCUT2D eigenvalue weighted by Gasteiger charge is 2.23. The summed E-state index contributed by atoms with van der Waals surface area (Å²) in [5, 5.41) is 3.20. The van der Waals surface area contributed by atoms with Crippen LogP contribution in [0.1, 0.15) is 44.3 Å². The minimum atomic E-state index is 0.671. The third-order valence-corrected chi connectivity index (χ3v) is 3.53. The van der Waals surface area contributed by atoms with Gasteiger partial charge in [0.2, 0.25) is 0 Å². The molecule has 2 atom stereocenters. The van der Waals surface area contributed by atoms with Gasteiger partial charge < -0.3 is 9.88 Å². The molecule has 1 N–H and O–H groups in total. The van der Waals surface area contributed by atoms with Gasteiger partial charge in [-0.25, -0.2) is 4.98 Å². The largest absolute Gasteiger partial charge is 0.330 e. The van der Waals surface area contributed by atoms with E-state index in [-0.39, 0.29) is 0 Å². The summed E-state index contributed by atoms with van der Waals surface area (Å²) in [7, 11) is 1.99. The van der Waals surface area contributed by atoms with Crippen molar-refractivity contribution in [1.82, 2.24) is 14.9 Å². The molecule has 1 saturated carbocycles. The monoisotopic (exact) mass is 207 g/mol. The molecule has 1 heterocycles. The summed E-state index contributed by atoms with van der Waals surface area (Å²) in [6.45, 7) is 3.29. The molecule has 3 heteroatoms. The first-order chi connectivity index (χ1) is 7.33. The quantitative estimate of drug-likeness (QED) is 0.824. The summed E-state index contributed by atoms with van der Waals surface area (Å²) >= 11 is 0. The van der Waals surface area contributed by atoms with E-state index in [1.165, 1.54) is 31.4 Å². The van der Waals surface area contributed by atoms with Crippen LogP contribution in [-0.4, -0.2) is 16.6 Å². The zero-order valence-corrected chi connectivity index (χ0v) is 9.74. The van der Waals surface area contributed by atoms with Gasteiger partial charge in [-0.3, -0.25) is 0 Å². The van der Waals surface area contributed by atoms with Gasteiger partial charge >= 0.3 is 0 Å². The number of nitrogens with zero attached hydrogens (tertiary/aromatic N) is 2. The SMILES string of the molecule is CNCc1cncn1C1CCCCC1C. The molecule has 3 nitrogen and oxygen atoms in total. The Balaban J connectivity index is 2.15. The minimum Gasteiger partial charge on any atom is -0.330 e. The van der Waals surface area contributed by atoms with Crippen LogP contribution < -0.4 is 5.32 Å². The van der Waals surface area contributed by atoms with E-state index in [1.807, 2.05) is 19.6 Å². The molecule has 2 rings (SSSR count). The van der Waals surface area contributed by atoms with Gasteiger partial charge in [-0.1, -0.05) is 19.8 Å². The zero-order chi connectivity index (χ0) is 10.7. The van der Waals surface area contributed by atoms with Crippen molar-refractivity contribution < 1.29 is 0 Å². The second kappa shape index (κ2) is 4.79. The van der Waals surface area contributed by atoms with E-state index in [4.69, 9.17) is 0 Å². The molecule has 0 amide bonds. The van der Waals surface area contributed by atoms with Crippen LogP contribution in [0, 0.1) is 5.92 Å². The molecular weight excluding hydrogens is 186 g/mol. The molecule has 0 aliphatic heterocycles. The Labute approximate surface area is 91.9 Å². The van der Waals surface area contributed by atoms with Crippen LogP contribution in [0.5, 0.6) is 0 Å². The first-order valence-corrected chi connectivity index (χ1v) is 5.98. The average Bonchev–Trinajstić information content (AvgIpc) is 2.67. The van der Waals surface area contributed by atoms with Gasteiger partial charge in [-0.15, -0.1) is 0 Å². The van der Waals surface area contributed by atoms with E-state index < -0.39 is 0 Å². The third kappa shape index (κ3) is 2.23. The molecule has 1 aromatic heterocycles. The lowest BCUT2D eigenvalue weighted by molar-refractivity contribution is 0.252. The summed E-state index contributed by atoms with van der Waals surface area (Å²) in [4.78, 5) is 4.27. The fraction of sp³-hybridized carbons (Fsp3) is 0.750. The number of hydrogen-bond acceptors (Lipinski definition) is 2. The smallest absolute Gasteiger partial charge is 0.0951 e. The van der Waals surface area contributed by atoms with Gasteiger partial charge in [0.15, 0.2) is 0 Å². The Bertz CT molecular complexity index is 306. The summed E-state index contributed by atoms with van der Waals surface area (Å²) in [5.74, 6) is 0.795. The van der Waals surface area contributed by atoms with Crippen molar-refractivity contribution >= 4 is 0 Å². The maximum absolute atomic E-state index is 4.27. The van der Waals surface area contributed by atoms with Gasteiger partial charge in [-0.2, -0.15) is 0 Å². The summed E-state index contributed by atoms with van der Waals surface area (Å²) in [5.41, 5.74) is 1.32. The zero-order valence-electron chi connectivity index (χ0n) is 9.74. The van der Waals surface area contributed by atoms with E-state index in [9.17, 15) is 0 Å². The first-order valence-electron chi connectivity index (χ1n) is 5.98. The molecule has 84 valence electrons. The molecule has 0 saturated heterocycles. The Kier molecular flexibility index (Phi) is 3.41. The number of nitrogens with one attached hydrogen (secondary N) is 1. The molecular formula is C12H21N3. The van der Waals surface area contributed by atoms with Gasteiger partial charge in [0.25, 0.3) is 0 Å². The van der Waals surface area contributed by atoms with E-state index in [1.54, 1.807) is 0 Å². The van der Waals surface area contributed by atoms with Crippen LogP contribution in [0.15, 0.2) is 12.5 Å². The highest BCUT2D eigenvalue weighted by atomic mass is 15.1. The normalized spacial score (nSPS) is 26.8. The van der Waals surface area contributed by atoms with Gasteiger partial charge in [-0.05, 0) is 25.8 Å². The van der Waals surface area contributed by atoms with Gasteiger partial charge in [0, 0.05) is 18.8 Å². The van der Waals surface area contributed by atoms with Crippen molar-refractivity contribution in [2.75, 3.05) is 7.05 Å². The Morgan fingerprint density at radius 2 is 2.27 bits per heavy atom. The first kappa shape index (κ1) is 10.7. The Morgan fingerprint density at radius 1 is 1.47 bits per heavy atom. The van der Waals surface area contributed by atoms with Gasteiger partial charge in [0.05, 0.1) is 12.0 Å². The highest BCUT2D eigenvalue weighted by Crippen LogP contribution is 2.34. The molecule has 2 unspecified atom stereocenters. The molecule has 0 aromatic carbocycles. The lowest BCUT2D eigenvalue weighted by atomic mass is 9.85. The van der Waals surface area contributed by atoms with Crippen molar-refractivity contribution in [3.63, 3.8) is 0 Å². The molecule has 15 heavy (non-hydrogen) atoms. The summed E-state index contributed by atoms with van der Waals surface area (Å²) < 4.78 is 2.38. The Morgan fingerprint density at radius 3 is 3.00 bits per heavy atom. The van der Waals surface area contributed by atoms with E-state index in [0.29, 0.717) is 6.04 Å². The lowest BCUT2D eigenvalue weighted by Crippen LogP contribution is -2.23. The molecule has 0 spiro atoms. The molecule has 0 bridgehead atoms. The van der Waals surface area contributed by atoms with Gasteiger partial charge in [0.1, 0.15) is 0 Å². The van der Waals surface area contributed by atoms with Crippen molar-refractivity contribution in [3.8, 4) is 0 Å². The third-order valence-electron chi connectivity index (χ3n) is 3.53. The maximum atomic E-state index is 4.27. The van der Waals surface area contributed by atoms with Crippen molar-refractivity contribution in [2.45, 2.75) is 45.2 Å². The average molecular weight is 207 g/mol. The van der Waals surface area contributed by atoms with E-state index in [2.05, 4.69) is 21.8 Å². The summed E-state index contributed by atoms with van der Waals surface area (Å²) in [6, 6.07) is 0.671. The summed E-state index contributed by atoms with van der Waals surface area (Å²) in [6.07, 6.45) is 9.42. The van der Waals surface area contributed by atoms with Crippen LogP contribution in [0.2, 0.25) is 0 Å². The standard InChI is InChI=1S/C12H21N3/c1-10-5-3-4-6-12(10)15-9-14-8-11(15)7-13-2/h8-10,12-13H,3-7H2,1-2H3. The van der Waals surface area contributed by atoms with E-state index in [0.717, 1.165) is 12.5 Å². The van der Waals surface area contributed by atoms with E-state index >= 15 is 0 Å². The Hall–Kier alpha value is -0.830. The minimum absolute atomic E-state index is 0.671. The van der Waals surface area contributed by atoms with Crippen LogP contribution in [0.4, 0.5) is 0 Å². The van der Waals surface area contributed by atoms with Crippen LogP contribution in [-0.2, 0) is 6.54 Å². The molecule has 1 fully saturated rings.